The molecule has 4 nitrogen and oxygen atoms in total. The van der Waals surface area contributed by atoms with Gasteiger partial charge >= 0.3 is 0 Å². The molecule has 0 unspecified atom stereocenters. The maximum Gasteiger partial charge on any atom is 0.288 e. The fourth-order valence-electron chi connectivity index (χ4n) is 1.54. The average molecular weight is 377 g/mol. The molecule has 7 heteroatoms. The monoisotopic (exact) mass is 375 g/mol. The van der Waals surface area contributed by atoms with Crippen molar-refractivity contribution < 1.29 is 9.66 Å². The van der Waals surface area contributed by atoms with Crippen molar-refractivity contribution in [2.45, 2.75) is 6.61 Å². The summed E-state index contributed by atoms with van der Waals surface area (Å²) in [6.45, 7) is 0.161. The highest BCUT2D eigenvalue weighted by Gasteiger charge is 2.13. The zero-order chi connectivity index (χ0) is 14.7. The lowest BCUT2D eigenvalue weighted by atomic mass is 10.2. The van der Waals surface area contributed by atoms with Gasteiger partial charge in [-0.3, -0.25) is 10.1 Å². The van der Waals surface area contributed by atoms with Crippen LogP contribution in [0.5, 0.6) is 5.75 Å². The molecule has 0 aliphatic carbocycles. The Bertz CT molecular complexity index is 664. The summed E-state index contributed by atoms with van der Waals surface area (Å²) in [4.78, 5) is 10.3. The molecule has 2 aromatic rings. The van der Waals surface area contributed by atoms with E-state index in [2.05, 4.69) is 15.9 Å². The number of halogens is 3. The van der Waals surface area contributed by atoms with Gasteiger partial charge < -0.3 is 4.74 Å². The standard InChI is InChI=1S/C13H8BrCl2NO3/c14-9-2-4-11(16)13(6-9)20-7-8-1-3-10(15)12(5-8)17(18)19/h1-6H,7H2. The Morgan fingerprint density at radius 1 is 1.15 bits per heavy atom. The van der Waals surface area contributed by atoms with Crippen LogP contribution in [-0.2, 0) is 6.61 Å². The third kappa shape index (κ3) is 3.62. The molecule has 0 saturated carbocycles. The summed E-state index contributed by atoms with van der Waals surface area (Å²) in [6, 6.07) is 9.75. The SMILES string of the molecule is O=[N+]([O-])c1cc(COc2cc(Br)ccc2Cl)ccc1Cl. The predicted octanol–water partition coefficient (Wildman–Crippen LogP) is 5.24. The molecule has 0 aliphatic heterocycles. The predicted molar refractivity (Wildman–Crippen MR) is 81.6 cm³/mol. The number of nitrogens with zero attached hydrogens (tertiary/aromatic N) is 1. The third-order valence-corrected chi connectivity index (χ3v) is 3.62. The molecule has 0 radical (unpaired) electrons. The lowest BCUT2D eigenvalue weighted by Crippen LogP contribution is -1.98. The highest BCUT2D eigenvalue weighted by Crippen LogP contribution is 2.30. The second-order valence-corrected chi connectivity index (χ2v) is 5.64. The van der Waals surface area contributed by atoms with Crippen molar-refractivity contribution in [1.29, 1.82) is 0 Å². The van der Waals surface area contributed by atoms with Crippen molar-refractivity contribution in [3.63, 3.8) is 0 Å². The molecule has 0 fully saturated rings. The van der Waals surface area contributed by atoms with Gasteiger partial charge in [0.2, 0.25) is 0 Å². The first-order valence-electron chi connectivity index (χ1n) is 5.48. The molecule has 0 spiro atoms. The van der Waals surface area contributed by atoms with Crippen LogP contribution < -0.4 is 4.74 Å². The van der Waals surface area contributed by atoms with E-state index in [0.717, 1.165) is 4.47 Å². The molecule has 0 atom stereocenters. The zero-order valence-corrected chi connectivity index (χ0v) is 13.1. The number of nitro benzene ring substituents is 1. The van der Waals surface area contributed by atoms with E-state index in [-0.39, 0.29) is 17.3 Å². The number of ether oxygens (including phenoxy) is 1. The number of hydrogen-bond acceptors (Lipinski definition) is 3. The van der Waals surface area contributed by atoms with E-state index in [4.69, 9.17) is 27.9 Å². The van der Waals surface area contributed by atoms with Crippen molar-refractivity contribution >= 4 is 44.8 Å². The van der Waals surface area contributed by atoms with Crippen LogP contribution in [0.3, 0.4) is 0 Å². The van der Waals surface area contributed by atoms with Gasteiger partial charge in [-0.1, -0.05) is 45.2 Å². The van der Waals surface area contributed by atoms with Gasteiger partial charge in [0.05, 0.1) is 9.95 Å². The van der Waals surface area contributed by atoms with Gasteiger partial charge in [-0.05, 0) is 29.8 Å². The molecule has 0 bridgehead atoms. The molecule has 0 aromatic heterocycles. The van der Waals surface area contributed by atoms with Crippen molar-refractivity contribution in [3.8, 4) is 5.75 Å². The van der Waals surface area contributed by atoms with E-state index < -0.39 is 4.92 Å². The van der Waals surface area contributed by atoms with Gasteiger partial charge in [-0.15, -0.1) is 0 Å². The van der Waals surface area contributed by atoms with Crippen molar-refractivity contribution in [2.24, 2.45) is 0 Å². The first-order valence-corrected chi connectivity index (χ1v) is 7.03. The van der Waals surface area contributed by atoms with Crippen LogP contribution >= 0.6 is 39.1 Å². The van der Waals surface area contributed by atoms with Gasteiger partial charge in [-0.25, -0.2) is 0 Å². The minimum absolute atomic E-state index is 0.0965. The Morgan fingerprint density at radius 3 is 2.55 bits per heavy atom. The lowest BCUT2D eigenvalue weighted by molar-refractivity contribution is -0.384. The summed E-state index contributed by atoms with van der Waals surface area (Å²) in [5.74, 6) is 0.499. The van der Waals surface area contributed by atoms with Crippen LogP contribution in [-0.4, -0.2) is 4.92 Å². The fourth-order valence-corrected chi connectivity index (χ4v) is 2.24. The van der Waals surface area contributed by atoms with Crippen molar-refractivity contribution in [3.05, 3.63) is 66.6 Å². The maximum absolute atomic E-state index is 10.8. The summed E-state index contributed by atoms with van der Waals surface area (Å²) >= 11 is 15.1. The molecule has 0 saturated heterocycles. The molecular weight excluding hydrogens is 369 g/mol. The highest BCUT2D eigenvalue weighted by atomic mass is 79.9. The summed E-state index contributed by atoms with van der Waals surface area (Å²) in [6.07, 6.45) is 0. The molecule has 0 N–H and O–H groups in total. The minimum Gasteiger partial charge on any atom is -0.487 e. The van der Waals surface area contributed by atoms with Gasteiger partial charge in [0.1, 0.15) is 17.4 Å². The fraction of sp³-hybridized carbons (Fsp3) is 0.0769. The third-order valence-electron chi connectivity index (χ3n) is 2.49. The number of hydrogen-bond donors (Lipinski definition) is 0. The first-order chi connectivity index (χ1) is 9.47. The number of nitro groups is 1. The van der Waals surface area contributed by atoms with Crippen LogP contribution in [0.2, 0.25) is 10.0 Å². The van der Waals surface area contributed by atoms with Crippen LogP contribution in [0.4, 0.5) is 5.69 Å². The Kier molecular flexibility index (Phi) is 4.86. The van der Waals surface area contributed by atoms with Gasteiger partial charge in [-0.2, -0.15) is 0 Å². The molecule has 104 valence electrons. The second kappa shape index (κ2) is 6.43. The zero-order valence-electron chi connectivity index (χ0n) is 9.98. The van der Waals surface area contributed by atoms with Crippen LogP contribution in [0.15, 0.2) is 40.9 Å². The van der Waals surface area contributed by atoms with E-state index in [1.807, 2.05) is 0 Å². The van der Waals surface area contributed by atoms with E-state index >= 15 is 0 Å². The first kappa shape index (κ1) is 15.1. The normalized spacial score (nSPS) is 10.3. The molecule has 0 aliphatic rings. The molecule has 2 rings (SSSR count). The van der Waals surface area contributed by atoms with E-state index in [1.165, 1.54) is 12.1 Å². The second-order valence-electron chi connectivity index (χ2n) is 3.91. The number of benzene rings is 2. The highest BCUT2D eigenvalue weighted by molar-refractivity contribution is 9.10. The molecule has 0 heterocycles. The topological polar surface area (TPSA) is 52.4 Å². The minimum atomic E-state index is -0.530. The largest absolute Gasteiger partial charge is 0.487 e. The average Bonchev–Trinajstić information content (AvgIpc) is 2.41. The van der Waals surface area contributed by atoms with E-state index in [0.29, 0.717) is 16.3 Å². The van der Waals surface area contributed by atoms with Crippen LogP contribution in [0, 0.1) is 10.1 Å². The quantitative estimate of drug-likeness (QED) is 0.541. The summed E-state index contributed by atoms with van der Waals surface area (Å²) < 4.78 is 6.38. The maximum atomic E-state index is 10.8. The Morgan fingerprint density at radius 2 is 1.85 bits per heavy atom. The Labute approximate surface area is 133 Å². The molecule has 2 aromatic carbocycles. The van der Waals surface area contributed by atoms with Gasteiger partial charge in [0.15, 0.2) is 0 Å². The molecular formula is C13H8BrCl2NO3. The molecule has 20 heavy (non-hydrogen) atoms. The number of rotatable bonds is 4. The van der Waals surface area contributed by atoms with Crippen molar-refractivity contribution in [1.82, 2.24) is 0 Å². The summed E-state index contributed by atoms with van der Waals surface area (Å²) in [5, 5.41) is 11.4. The van der Waals surface area contributed by atoms with Gasteiger partial charge in [0.25, 0.3) is 5.69 Å². The van der Waals surface area contributed by atoms with Crippen molar-refractivity contribution in [2.75, 3.05) is 0 Å². The van der Waals surface area contributed by atoms with E-state index in [9.17, 15) is 10.1 Å². The Hall–Kier alpha value is -1.30. The smallest absolute Gasteiger partial charge is 0.288 e. The van der Waals surface area contributed by atoms with Crippen LogP contribution in [0.1, 0.15) is 5.56 Å². The Balaban J connectivity index is 2.17. The van der Waals surface area contributed by atoms with Gasteiger partial charge in [0, 0.05) is 10.5 Å². The lowest BCUT2D eigenvalue weighted by Gasteiger charge is -2.08. The molecule has 0 amide bonds. The summed E-state index contributed by atoms with van der Waals surface area (Å²) in [5.41, 5.74) is 0.491. The van der Waals surface area contributed by atoms with E-state index in [1.54, 1.807) is 24.3 Å². The van der Waals surface area contributed by atoms with Crippen LogP contribution in [0.25, 0.3) is 0 Å². The summed E-state index contributed by atoms with van der Waals surface area (Å²) in [7, 11) is 0.